The lowest BCUT2D eigenvalue weighted by Crippen LogP contribution is -2.19. The minimum absolute atomic E-state index is 0.438. The molecule has 2 aromatic heterocycles. The predicted octanol–water partition coefficient (Wildman–Crippen LogP) is 3.67. The molecule has 0 N–H and O–H groups in total. The highest BCUT2D eigenvalue weighted by atomic mass is 16.5. The Labute approximate surface area is 141 Å². The van der Waals surface area contributed by atoms with E-state index in [0.29, 0.717) is 6.04 Å². The van der Waals surface area contributed by atoms with Crippen LogP contribution in [0.15, 0.2) is 49.1 Å². The van der Waals surface area contributed by atoms with Crippen molar-refractivity contribution in [3.63, 3.8) is 0 Å². The lowest BCUT2D eigenvalue weighted by Gasteiger charge is -2.24. The van der Waals surface area contributed by atoms with Gasteiger partial charge in [-0.2, -0.15) is 0 Å². The molecular weight excluding hydrogens is 300 g/mol. The van der Waals surface area contributed by atoms with Gasteiger partial charge in [0.05, 0.1) is 5.56 Å². The van der Waals surface area contributed by atoms with Crippen LogP contribution in [0.25, 0.3) is 22.8 Å². The van der Waals surface area contributed by atoms with Gasteiger partial charge >= 0.3 is 0 Å². The van der Waals surface area contributed by atoms with Gasteiger partial charge in [0, 0.05) is 49.6 Å². The number of nitrogens with zero attached hydrogens (tertiary/aromatic N) is 4. The van der Waals surface area contributed by atoms with Crippen LogP contribution in [0, 0.1) is 6.92 Å². The number of aryl methyl sites for hydroxylation is 1. The average Bonchev–Trinajstić information content (AvgIpc) is 3.12. The first-order valence-corrected chi connectivity index (χ1v) is 8.31. The molecule has 0 bridgehead atoms. The number of imidazole rings is 1. The number of hydrogen-bond acceptors (Lipinski definition) is 4. The molecule has 122 valence electrons. The summed E-state index contributed by atoms with van der Waals surface area (Å²) in [6, 6.07) is 8.67. The van der Waals surface area contributed by atoms with Crippen molar-refractivity contribution in [1.29, 1.82) is 0 Å². The molecule has 0 amide bonds. The summed E-state index contributed by atoms with van der Waals surface area (Å²) in [5.41, 5.74) is 3.19. The summed E-state index contributed by atoms with van der Waals surface area (Å²) in [6.07, 6.45) is 9.65. The van der Waals surface area contributed by atoms with E-state index >= 15 is 0 Å². The molecular formula is C19H20N4O. The summed E-state index contributed by atoms with van der Waals surface area (Å²) in [5.74, 6) is 1.67. The minimum atomic E-state index is 0.438. The average molecular weight is 320 g/mol. The molecule has 24 heavy (non-hydrogen) atoms. The molecule has 5 nitrogen and oxygen atoms in total. The van der Waals surface area contributed by atoms with E-state index in [1.165, 1.54) is 5.56 Å². The van der Waals surface area contributed by atoms with Gasteiger partial charge in [-0.3, -0.25) is 0 Å². The molecule has 1 fully saturated rings. The van der Waals surface area contributed by atoms with Gasteiger partial charge in [-0.15, -0.1) is 0 Å². The molecule has 1 saturated heterocycles. The molecule has 0 spiro atoms. The van der Waals surface area contributed by atoms with Gasteiger partial charge in [0.15, 0.2) is 5.82 Å². The fraction of sp³-hybridized carbons (Fsp3) is 0.316. The SMILES string of the molecule is Cc1cccc(-c2ncc(-c3nccn3C3CCOCC3)cn2)c1. The Morgan fingerprint density at radius 1 is 1.04 bits per heavy atom. The van der Waals surface area contributed by atoms with Crippen LogP contribution >= 0.6 is 0 Å². The van der Waals surface area contributed by atoms with Crippen molar-refractivity contribution >= 4 is 0 Å². The van der Waals surface area contributed by atoms with Crippen molar-refractivity contribution in [3.8, 4) is 22.8 Å². The van der Waals surface area contributed by atoms with E-state index < -0.39 is 0 Å². The molecule has 1 aromatic carbocycles. The fourth-order valence-corrected chi connectivity index (χ4v) is 3.17. The van der Waals surface area contributed by atoms with Crippen LogP contribution in [0.5, 0.6) is 0 Å². The molecule has 0 atom stereocenters. The normalized spacial score (nSPS) is 15.5. The van der Waals surface area contributed by atoms with Crippen LogP contribution in [0.4, 0.5) is 0 Å². The molecule has 0 radical (unpaired) electrons. The molecule has 0 saturated carbocycles. The number of rotatable bonds is 3. The molecule has 3 aromatic rings. The summed E-state index contributed by atoms with van der Waals surface area (Å²) in [7, 11) is 0. The zero-order valence-corrected chi connectivity index (χ0v) is 13.7. The van der Waals surface area contributed by atoms with E-state index in [-0.39, 0.29) is 0 Å². The summed E-state index contributed by atoms with van der Waals surface area (Å²) < 4.78 is 7.69. The fourth-order valence-electron chi connectivity index (χ4n) is 3.17. The Kier molecular flexibility index (Phi) is 4.09. The third-order valence-corrected chi connectivity index (χ3v) is 4.44. The summed E-state index contributed by atoms with van der Waals surface area (Å²) in [5, 5.41) is 0. The maximum Gasteiger partial charge on any atom is 0.159 e. The van der Waals surface area contributed by atoms with E-state index in [1.807, 2.05) is 36.9 Å². The standard InChI is InChI=1S/C19H20N4O/c1-14-3-2-4-15(11-14)18-21-12-16(13-22-18)19-20-7-8-23(19)17-5-9-24-10-6-17/h2-4,7-8,11-13,17H,5-6,9-10H2,1H3. The Morgan fingerprint density at radius 2 is 1.83 bits per heavy atom. The second kappa shape index (κ2) is 6.53. The second-order valence-electron chi connectivity index (χ2n) is 6.17. The van der Waals surface area contributed by atoms with Crippen molar-refractivity contribution in [2.24, 2.45) is 0 Å². The van der Waals surface area contributed by atoms with Crippen LogP contribution < -0.4 is 0 Å². The third kappa shape index (κ3) is 2.95. The van der Waals surface area contributed by atoms with Gasteiger partial charge in [-0.25, -0.2) is 15.0 Å². The summed E-state index contributed by atoms with van der Waals surface area (Å²) in [6.45, 7) is 3.69. The van der Waals surface area contributed by atoms with E-state index in [9.17, 15) is 0 Å². The molecule has 4 rings (SSSR count). The first kappa shape index (κ1) is 15.0. The van der Waals surface area contributed by atoms with Gasteiger partial charge < -0.3 is 9.30 Å². The van der Waals surface area contributed by atoms with Crippen molar-refractivity contribution < 1.29 is 4.74 Å². The van der Waals surface area contributed by atoms with E-state index in [4.69, 9.17) is 4.74 Å². The monoisotopic (exact) mass is 320 g/mol. The maximum atomic E-state index is 5.46. The second-order valence-corrected chi connectivity index (χ2v) is 6.17. The van der Waals surface area contributed by atoms with Gasteiger partial charge in [-0.1, -0.05) is 23.8 Å². The molecule has 0 aliphatic carbocycles. The molecule has 3 heterocycles. The molecule has 5 heteroatoms. The molecule has 0 unspecified atom stereocenters. The van der Waals surface area contributed by atoms with Crippen LogP contribution in [-0.2, 0) is 4.74 Å². The quantitative estimate of drug-likeness (QED) is 0.739. The summed E-state index contributed by atoms with van der Waals surface area (Å²) in [4.78, 5) is 13.6. The van der Waals surface area contributed by atoms with Crippen molar-refractivity contribution in [2.45, 2.75) is 25.8 Å². The van der Waals surface area contributed by atoms with E-state index in [0.717, 1.165) is 48.8 Å². The van der Waals surface area contributed by atoms with Crippen LogP contribution in [0.1, 0.15) is 24.4 Å². The summed E-state index contributed by atoms with van der Waals surface area (Å²) >= 11 is 0. The van der Waals surface area contributed by atoms with Gasteiger partial charge in [-0.05, 0) is 25.8 Å². The maximum absolute atomic E-state index is 5.46. The molecule has 1 aliphatic rings. The van der Waals surface area contributed by atoms with Crippen molar-refractivity contribution in [3.05, 3.63) is 54.6 Å². The zero-order chi connectivity index (χ0) is 16.4. The van der Waals surface area contributed by atoms with Gasteiger partial charge in [0.25, 0.3) is 0 Å². The molecule has 1 aliphatic heterocycles. The van der Waals surface area contributed by atoms with Crippen LogP contribution in [0.3, 0.4) is 0 Å². The number of aromatic nitrogens is 4. The third-order valence-electron chi connectivity index (χ3n) is 4.44. The Balaban J connectivity index is 1.63. The number of benzene rings is 1. The van der Waals surface area contributed by atoms with E-state index in [1.54, 1.807) is 0 Å². The highest BCUT2D eigenvalue weighted by Gasteiger charge is 2.19. The Bertz CT molecular complexity index is 819. The smallest absolute Gasteiger partial charge is 0.159 e. The van der Waals surface area contributed by atoms with Crippen LogP contribution in [-0.4, -0.2) is 32.7 Å². The predicted molar refractivity (Wildman–Crippen MR) is 92.5 cm³/mol. The van der Waals surface area contributed by atoms with Gasteiger partial charge in [0.2, 0.25) is 0 Å². The lowest BCUT2D eigenvalue weighted by molar-refractivity contribution is 0.0700. The Morgan fingerprint density at radius 3 is 2.58 bits per heavy atom. The lowest BCUT2D eigenvalue weighted by atomic mass is 10.1. The first-order chi connectivity index (χ1) is 11.8. The topological polar surface area (TPSA) is 52.8 Å². The zero-order valence-electron chi connectivity index (χ0n) is 13.7. The van der Waals surface area contributed by atoms with E-state index in [2.05, 4.69) is 38.6 Å². The van der Waals surface area contributed by atoms with Crippen LogP contribution in [0.2, 0.25) is 0 Å². The largest absolute Gasteiger partial charge is 0.381 e. The highest BCUT2D eigenvalue weighted by Crippen LogP contribution is 2.27. The first-order valence-electron chi connectivity index (χ1n) is 8.31. The van der Waals surface area contributed by atoms with Crippen molar-refractivity contribution in [2.75, 3.05) is 13.2 Å². The van der Waals surface area contributed by atoms with Crippen molar-refractivity contribution in [1.82, 2.24) is 19.5 Å². The number of hydrogen-bond donors (Lipinski definition) is 0. The number of ether oxygens (including phenoxy) is 1. The van der Waals surface area contributed by atoms with Gasteiger partial charge in [0.1, 0.15) is 5.82 Å². The minimum Gasteiger partial charge on any atom is -0.381 e. The highest BCUT2D eigenvalue weighted by molar-refractivity contribution is 5.59. The Hall–Kier alpha value is -2.53.